The van der Waals surface area contributed by atoms with Crippen molar-refractivity contribution >= 4 is 22.8 Å². The molecular weight excluding hydrogens is 387 g/mol. The summed E-state index contributed by atoms with van der Waals surface area (Å²) in [5.41, 5.74) is 9.33. The van der Waals surface area contributed by atoms with Gasteiger partial charge in [0, 0.05) is 16.5 Å². The Morgan fingerprint density at radius 3 is 1.46 bits per heavy atom. The van der Waals surface area contributed by atoms with Crippen molar-refractivity contribution in [1.82, 2.24) is 0 Å². The van der Waals surface area contributed by atoms with Crippen LogP contribution in [0.2, 0.25) is 0 Å². The van der Waals surface area contributed by atoms with E-state index in [2.05, 4.69) is 77.9 Å². The molecule has 0 saturated carbocycles. The first-order valence-electron chi connectivity index (χ1n) is 10.2. The van der Waals surface area contributed by atoms with Crippen molar-refractivity contribution < 1.29 is 16.5 Å². The van der Waals surface area contributed by atoms with Gasteiger partial charge >= 0.3 is 0 Å². The minimum absolute atomic E-state index is 0. The van der Waals surface area contributed by atoms with Gasteiger partial charge in [0.1, 0.15) is 0 Å². The van der Waals surface area contributed by atoms with Gasteiger partial charge in [-0.15, -0.1) is 0 Å². The molecular formula is C25H34N2Ni. The van der Waals surface area contributed by atoms with E-state index in [1.54, 1.807) is 0 Å². The Labute approximate surface area is 181 Å². The maximum Gasteiger partial charge on any atom is 0.0639 e. The van der Waals surface area contributed by atoms with Crippen LogP contribution in [0.25, 0.3) is 0 Å². The molecule has 0 bridgehead atoms. The first-order chi connectivity index (χ1) is 12.9. The van der Waals surface area contributed by atoms with Crippen molar-refractivity contribution in [2.45, 2.75) is 73.6 Å². The fourth-order valence-electron chi connectivity index (χ4n) is 3.50. The third-order valence-corrected chi connectivity index (χ3v) is 4.63. The first kappa shape index (κ1) is 24.3. The summed E-state index contributed by atoms with van der Waals surface area (Å²) in [5.74, 6) is 0. The number of nitrogens with zero attached hydrogens (tertiary/aromatic N) is 2. The van der Waals surface area contributed by atoms with E-state index >= 15 is 0 Å². The van der Waals surface area contributed by atoms with Crippen LogP contribution in [0, 0.1) is 27.7 Å². The van der Waals surface area contributed by atoms with E-state index < -0.39 is 0 Å². The molecule has 2 nitrogen and oxygen atoms in total. The molecule has 0 atom stereocenters. The van der Waals surface area contributed by atoms with Crippen molar-refractivity contribution in [3.05, 3.63) is 58.7 Å². The normalized spacial score (nSPS) is 12.1. The zero-order valence-corrected chi connectivity index (χ0v) is 19.2. The van der Waals surface area contributed by atoms with Crippen LogP contribution in [0.3, 0.4) is 0 Å². The van der Waals surface area contributed by atoms with E-state index in [-0.39, 0.29) is 16.5 Å². The minimum Gasteiger partial charge on any atom is -0.252 e. The maximum absolute atomic E-state index is 5.05. The van der Waals surface area contributed by atoms with Gasteiger partial charge in [-0.05, 0) is 93.5 Å². The van der Waals surface area contributed by atoms with Crippen LogP contribution in [0.15, 0.2) is 46.4 Å². The quantitative estimate of drug-likeness (QED) is 0.237. The van der Waals surface area contributed by atoms with Crippen LogP contribution in [0.4, 0.5) is 11.4 Å². The molecule has 0 heterocycles. The molecule has 0 spiro atoms. The summed E-state index contributed by atoms with van der Waals surface area (Å²) in [7, 11) is 0. The third kappa shape index (κ3) is 7.72. The molecule has 0 amide bonds. The second-order valence-corrected chi connectivity index (χ2v) is 7.62. The zero-order chi connectivity index (χ0) is 19.8. The number of aryl methyl sites for hydroxylation is 4. The van der Waals surface area contributed by atoms with Crippen molar-refractivity contribution in [2.75, 3.05) is 0 Å². The van der Waals surface area contributed by atoms with E-state index in [4.69, 9.17) is 9.98 Å². The van der Waals surface area contributed by atoms with E-state index in [0.29, 0.717) is 0 Å². The average molecular weight is 421 g/mol. The van der Waals surface area contributed by atoms with Gasteiger partial charge in [-0.3, -0.25) is 9.98 Å². The molecule has 0 radical (unpaired) electrons. The Kier molecular flexibility index (Phi) is 10.4. The van der Waals surface area contributed by atoms with Crippen LogP contribution in [0.1, 0.15) is 68.2 Å². The summed E-state index contributed by atoms with van der Waals surface area (Å²) in [6, 6.07) is 13.0. The molecule has 3 heteroatoms. The van der Waals surface area contributed by atoms with Crippen molar-refractivity contribution in [3.63, 3.8) is 0 Å². The summed E-state index contributed by atoms with van der Waals surface area (Å²) in [5, 5.41) is 0. The SMILES string of the molecule is CCCCCC(=Nc1cc(C)cc(C)c1)C(CC)=Nc1cc(C)cc(C)c1.[Ni]. The molecule has 2 aromatic rings. The Morgan fingerprint density at radius 1 is 0.643 bits per heavy atom. The molecule has 28 heavy (non-hydrogen) atoms. The van der Waals surface area contributed by atoms with Gasteiger partial charge in [0.2, 0.25) is 0 Å². The summed E-state index contributed by atoms with van der Waals surface area (Å²) < 4.78 is 0. The standard InChI is InChI=1S/C25H34N2.Ni/c1-7-9-10-11-25(27-23-16-20(5)13-21(6)17-23)24(8-2)26-22-14-18(3)12-19(4)15-22;/h12-17H,7-11H2,1-6H3;. The Bertz CT molecular complexity index is 794. The average Bonchev–Trinajstić information content (AvgIpc) is 2.57. The van der Waals surface area contributed by atoms with Gasteiger partial charge in [-0.1, -0.05) is 38.8 Å². The van der Waals surface area contributed by atoms with Crippen molar-refractivity contribution in [3.8, 4) is 0 Å². The van der Waals surface area contributed by atoms with Gasteiger partial charge in [-0.2, -0.15) is 0 Å². The van der Waals surface area contributed by atoms with Crippen molar-refractivity contribution in [2.24, 2.45) is 9.98 Å². The fourth-order valence-corrected chi connectivity index (χ4v) is 3.50. The number of benzene rings is 2. The second kappa shape index (κ2) is 12.0. The van der Waals surface area contributed by atoms with Gasteiger partial charge in [0.05, 0.1) is 22.8 Å². The number of hydrogen-bond acceptors (Lipinski definition) is 2. The summed E-state index contributed by atoms with van der Waals surface area (Å²) in [4.78, 5) is 10.1. The molecule has 0 unspecified atom stereocenters. The zero-order valence-electron chi connectivity index (χ0n) is 18.2. The number of rotatable bonds is 8. The Balaban J connectivity index is 0.00000392. The fraction of sp³-hybridized carbons (Fsp3) is 0.440. The maximum atomic E-state index is 5.05. The van der Waals surface area contributed by atoms with Crippen LogP contribution >= 0.6 is 0 Å². The largest absolute Gasteiger partial charge is 0.252 e. The van der Waals surface area contributed by atoms with E-state index in [0.717, 1.165) is 42.1 Å². The summed E-state index contributed by atoms with van der Waals surface area (Å²) in [6.45, 7) is 12.9. The Hall–Kier alpha value is -1.73. The van der Waals surface area contributed by atoms with Crippen molar-refractivity contribution in [1.29, 1.82) is 0 Å². The van der Waals surface area contributed by atoms with Gasteiger partial charge in [0.15, 0.2) is 0 Å². The summed E-state index contributed by atoms with van der Waals surface area (Å²) in [6.07, 6.45) is 5.48. The molecule has 154 valence electrons. The number of unbranched alkanes of at least 4 members (excludes halogenated alkanes) is 2. The predicted molar refractivity (Wildman–Crippen MR) is 120 cm³/mol. The van der Waals surface area contributed by atoms with Gasteiger partial charge in [-0.25, -0.2) is 0 Å². The second-order valence-electron chi connectivity index (χ2n) is 7.62. The molecule has 0 aromatic heterocycles. The van der Waals surface area contributed by atoms with Crippen LogP contribution < -0.4 is 0 Å². The van der Waals surface area contributed by atoms with E-state index in [9.17, 15) is 0 Å². The van der Waals surface area contributed by atoms with Gasteiger partial charge < -0.3 is 0 Å². The molecule has 2 rings (SSSR count). The molecule has 0 aliphatic rings. The molecule has 0 aliphatic heterocycles. The molecule has 2 aromatic carbocycles. The van der Waals surface area contributed by atoms with Gasteiger partial charge in [0.25, 0.3) is 0 Å². The Morgan fingerprint density at radius 2 is 1.07 bits per heavy atom. The number of aliphatic imine (C=N–C) groups is 2. The van der Waals surface area contributed by atoms with E-state index in [1.165, 1.54) is 35.1 Å². The number of hydrogen-bond donors (Lipinski definition) is 0. The predicted octanol–water partition coefficient (Wildman–Crippen LogP) is 7.75. The van der Waals surface area contributed by atoms with Crippen LogP contribution in [-0.4, -0.2) is 11.4 Å². The van der Waals surface area contributed by atoms with Crippen LogP contribution in [-0.2, 0) is 16.5 Å². The van der Waals surface area contributed by atoms with E-state index in [1.807, 2.05) is 0 Å². The topological polar surface area (TPSA) is 24.7 Å². The minimum atomic E-state index is 0. The smallest absolute Gasteiger partial charge is 0.0639 e. The monoisotopic (exact) mass is 420 g/mol. The summed E-state index contributed by atoms with van der Waals surface area (Å²) >= 11 is 0. The third-order valence-electron chi connectivity index (χ3n) is 4.63. The first-order valence-corrected chi connectivity index (χ1v) is 10.2. The van der Waals surface area contributed by atoms with Crippen LogP contribution in [0.5, 0.6) is 0 Å². The molecule has 0 saturated heterocycles. The molecule has 0 aliphatic carbocycles. The molecule has 0 N–H and O–H groups in total. The molecule has 0 fully saturated rings.